The van der Waals surface area contributed by atoms with Crippen molar-refractivity contribution >= 4 is 28.6 Å². The second-order valence-corrected chi connectivity index (χ2v) is 5.75. The molecule has 0 spiro atoms. The van der Waals surface area contributed by atoms with Crippen LogP contribution in [-0.2, 0) is 4.74 Å². The van der Waals surface area contributed by atoms with Crippen LogP contribution in [0.2, 0.25) is 0 Å². The van der Waals surface area contributed by atoms with E-state index in [1.807, 2.05) is 12.4 Å². The zero-order valence-corrected chi connectivity index (χ0v) is 14.5. The van der Waals surface area contributed by atoms with Crippen molar-refractivity contribution in [3.8, 4) is 6.19 Å². The molecule has 1 aromatic carbocycles. The molecular formula is C17H23N3O2S. The molecule has 23 heavy (non-hydrogen) atoms. The van der Waals surface area contributed by atoms with Gasteiger partial charge in [-0.1, -0.05) is 44.4 Å². The molecule has 124 valence electrons. The van der Waals surface area contributed by atoms with Gasteiger partial charge in [0, 0.05) is 0 Å². The normalized spacial score (nSPS) is 10.9. The van der Waals surface area contributed by atoms with E-state index in [9.17, 15) is 4.79 Å². The van der Waals surface area contributed by atoms with Crippen LogP contribution >= 0.6 is 11.8 Å². The van der Waals surface area contributed by atoms with Crippen molar-refractivity contribution in [1.29, 1.82) is 5.26 Å². The van der Waals surface area contributed by atoms with Crippen molar-refractivity contribution in [1.82, 2.24) is 5.32 Å². The quantitative estimate of drug-likeness (QED) is 0.192. The van der Waals surface area contributed by atoms with Gasteiger partial charge < -0.3 is 4.74 Å². The molecule has 0 saturated carbocycles. The van der Waals surface area contributed by atoms with Crippen LogP contribution in [0, 0.1) is 11.5 Å². The van der Waals surface area contributed by atoms with Gasteiger partial charge >= 0.3 is 5.97 Å². The molecule has 0 aliphatic rings. The van der Waals surface area contributed by atoms with Crippen LogP contribution in [0.1, 0.15) is 49.4 Å². The number of nitrogens with zero attached hydrogens (tertiary/aromatic N) is 2. The Morgan fingerprint density at radius 1 is 1.26 bits per heavy atom. The molecule has 6 heteroatoms. The van der Waals surface area contributed by atoms with E-state index < -0.39 is 0 Å². The number of unbranched alkanes of at least 4 members (excludes halogenated alkanes) is 4. The number of hydrogen-bond acceptors (Lipinski definition) is 5. The average Bonchev–Trinajstić information content (AvgIpc) is 2.58. The number of carbonyl (C=O) groups is 1. The number of nitrogens with one attached hydrogen (secondary N) is 1. The second kappa shape index (κ2) is 11.6. The Balaban J connectivity index is 2.46. The lowest BCUT2D eigenvalue weighted by Gasteiger charge is -2.05. The number of rotatable bonds is 8. The van der Waals surface area contributed by atoms with E-state index in [4.69, 9.17) is 10.00 Å². The number of amidine groups is 1. The maximum Gasteiger partial charge on any atom is 0.338 e. The molecule has 1 N–H and O–H groups in total. The predicted octanol–water partition coefficient (Wildman–Crippen LogP) is 4.23. The number of ether oxygens (including phenoxy) is 1. The number of nitriles is 1. The van der Waals surface area contributed by atoms with E-state index in [2.05, 4.69) is 17.2 Å². The van der Waals surface area contributed by atoms with Gasteiger partial charge in [-0.05, 0) is 36.9 Å². The zero-order chi connectivity index (χ0) is 16.9. The molecule has 5 nitrogen and oxygen atoms in total. The Morgan fingerprint density at radius 3 is 2.57 bits per heavy atom. The van der Waals surface area contributed by atoms with E-state index in [-0.39, 0.29) is 5.97 Å². The lowest BCUT2D eigenvalue weighted by Crippen LogP contribution is -2.12. The van der Waals surface area contributed by atoms with Crippen LogP contribution in [0.5, 0.6) is 0 Å². The fourth-order valence-electron chi connectivity index (χ4n) is 1.92. The first-order chi connectivity index (χ1) is 11.2. The molecular weight excluding hydrogens is 310 g/mol. The highest BCUT2D eigenvalue weighted by molar-refractivity contribution is 8.13. The van der Waals surface area contributed by atoms with Crippen molar-refractivity contribution in [3.63, 3.8) is 0 Å². The van der Waals surface area contributed by atoms with Crippen LogP contribution in [0.4, 0.5) is 5.69 Å². The zero-order valence-electron chi connectivity index (χ0n) is 13.7. The summed E-state index contributed by atoms with van der Waals surface area (Å²) in [6, 6.07) is 6.82. The molecule has 0 radical (unpaired) electrons. The first kappa shape index (κ1) is 19.0. The van der Waals surface area contributed by atoms with Crippen LogP contribution in [0.25, 0.3) is 0 Å². The second-order valence-electron chi connectivity index (χ2n) is 4.95. The van der Waals surface area contributed by atoms with Crippen molar-refractivity contribution in [2.45, 2.75) is 39.0 Å². The minimum atomic E-state index is -0.309. The maximum atomic E-state index is 11.9. The highest BCUT2D eigenvalue weighted by Crippen LogP contribution is 2.16. The molecule has 0 aliphatic heterocycles. The average molecular weight is 333 g/mol. The molecule has 0 fully saturated rings. The summed E-state index contributed by atoms with van der Waals surface area (Å²) in [4.78, 5) is 16.2. The fourth-order valence-corrected chi connectivity index (χ4v) is 2.26. The van der Waals surface area contributed by atoms with Gasteiger partial charge in [-0.2, -0.15) is 5.26 Å². The third-order valence-electron chi connectivity index (χ3n) is 3.17. The van der Waals surface area contributed by atoms with Gasteiger partial charge in [0.1, 0.15) is 0 Å². The predicted molar refractivity (Wildman–Crippen MR) is 94.8 cm³/mol. The summed E-state index contributed by atoms with van der Waals surface area (Å²) in [6.07, 6.45) is 9.29. The lowest BCUT2D eigenvalue weighted by molar-refractivity contribution is 0.0497. The van der Waals surface area contributed by atoms with Crippen molar-refractivity contribution in [3.05, 3.63) is 29.8 Å². The van der Waals surface area contributed by atoms with Gasteiger partial charge in [-0.3, -0.25) is 5.32 Å². The molecule has 0 bridgehead atoms. The van der Waals surface area contributed by atoms with Gasteiger partial charge in [0.2, 0.25) is 0 Å². The summed E-state index contributed by atoms with van der Waals surface area (Å²) in [5, 5.41) is 11.6. The van der Waals surface area contributed by atoms with E-state index in [0.717, 1.165) is 12.8 Å². The van der Waals surface area contributed by atoms with Crippen molar-refractivity contribution in [2.75, 3.05) is 12.9 Å². The van der Waals surface area contributed by atoms with Gasteiger partial charge in [-0.15, -0.1) is 0 Å². The van der Waals surface area contributed by atoms with Crippen molar-refractivity contribution < 1.29 is 9.53 Å². The summed E-state index contributed by atoms with van der Waals surface area (Å²) < 4.78 is 5.25. The van der Waals surface area contributed by atoms with Crippen LogP contribution in [-0.4, -0.2) is 24.0 Å². The molecule has 0 atom stereocenters. The minimum Gasteiger partial charge on any atom is -0.462 e. The molecule has 0 amide bonds. The SMILES string of the molecule is CCCCCCCOC(=O)c1ccc(N=C(NC#N)SC)cc1. The Bertz CT molecular complexity index is 550. The van der Waals surface area contributed by atoms with Crippen LogP contribution in [0.15, 0.2) is 29.3 Å². The van der Waals surface area contributed by atoms with Gasteiger partial charge in [0.15, 0.2) is 11.4 Å². The maximum absolute atomic E-state index is 11.9. The Hall–Kier alpha value is -2.00. The largest absolute Gasteiger partial charge is 0.462 e. The molecule has 0 saturated heterocycles. The number of thioether (sulfide) groups is 1. The molecule has 1 rings (SSSR count). The third kappa shape index (κ3) is 7.71. The van der Waals surface area contributed by atoms with E-state index in [1.165, 1.54) is 31.0 Å². The lowest BCUT2D eigenvalue weighted by atomic mass is 10.2. The Kier molecular flexibility index (Phi) is 9.57. The Morgan fingerprint density at radius 2 is 1.96 bits per heavy atom. The number of benzene rings is 1. The van der Waals surface area contributed by atoms with Crippen molar-refractivity contribution in [2.24, 2.45) is 4.99 Å². The van der Waals surface area contributed by atoms with Crippen LogP contribution < -0.4 is 5.32 Å². The number of carbonyl (C=O) groups excluding carboxylic acids is 1. The Labute approximate surface area is 142 Å². The topological polar surface area (TPSA) is 74.5 Å². The van der Waals surface area contributed by atoms with Crippen LogP contribution in [0.3, 0.4) is 0 Å². The van der Waals surface area contributed by atoms with E-state index >= 15 is 0 Å². The first-order valence-corrected chi connectivity index (χ1v) is 8.98. The molecule has 0 heterocycles. The molecule has 1 aromatic rings. The monoisotopic (exact) mass is 333 g/mol. The molecule has 0 unspecified atom stereocenters. The highest BCUT2D eigenvalue weighted by Gasteiger charge is 2.06. The van der Waals surface area contributed by atoms with Gasteiger partial charge in [-0.25, -0.2) is 9.79 Å². The summed E-state index contributed by atoms with van der Waals surface area (Å²) in [5.74, 6) is -0.309. The van der Waals surface area contributed by atoms with Gasteiger partial charge in [0.05, 0.1) is 17.9 Å². The minimum absolute atomic E-state index is 0.309. The smallest absolute Gasteiger partial charge is 0.338 e. The van der Waals surface area contributed by atoms with E-state index in [1.54, 1.807) is 24.3 Å². The number of aliphatic imine (C=N–C) groups is 1. The third-order valence-corrected chi connectivity index (χ3v) is 3.75. The summed E-state index contributed by atoms with van der Waals surface area (Å²) in [6.45, 7) is 2.64. The first-order valence-electron chi connectivity index (χ1n) is 7.76. The van der Waals surface area contributed by atoms with E-state index in [0.29, 0.717) is 23.0 Å². The molecule has 0 aromatic heterocycles. The summed E-state index contributed by atoms with van der Waals surface area (Å²) >= 11 is 1.34. The number of esters is 1. The number of hydrogen-bond donors (Lipinski definition) is 1. The standard InChI is InChI=1S/C17H23N3O2S/c1-3-4-5-6-7-12-22-16(21)14-8-10-15(11-9-14)20-17(23-2)19-13-18/h8-11H,3-7,12H2,1-2H3,(H,19,20). The summed E-state index contributed by atoms with van der Waals surface area (Å²) in [7, 11) is 0. The van der Waals surface area contributed by atoms with Gasteiger partial charge in [0.25, 0.3) is 0 Å². The fraction of sp³-hybridized carbons (Fsp3) is 0.471. The molecule has 0 aliphatic carbocycles. The summed E-state index contributed by atoms with van der Waals surface area (Å²) in [5.41, 5.74) is 1.18. The highest BCUT2D eigenvalue weighted by atomic mass is 32.2.